The van der Waals surface area contributed by atoms with Gasteiger partial charge in [0.15, 0.2) is 11.6 Å². The topological polar surface area (TPSA) is 30.7 Å². The van der Waals surface area contributed by atoms with Crippen molar-refractivity contribution in [1.82, 2.24) is 14.8 Å². The summed E-state index contributed by atoms with van der Waals surface area (Å²) in [6.45, 7) is 21.5. The van der Waals surface area contributed by atoms with E-state index in [0.717, 1.165) is 28.5 Å². The van der Waals surface area contributed by atoms with Crippen LogP contribution in [0.4, 0.5) is 0 Å². The number of hydrogen-bond donors (Lipinski definition) is 0. The maximum Gasteiger partial charge on any atom is 0.168 e. The van der Waals surface area contributed by atoms with Crippen molar-refractivity contribution in [3.8, 4) is 28.5 Å². The van der Waals surface area contributed by atoms with Crippen molar-refractivity contribution < 1.29 is 0 Å². The van der Waals surface area contributed by atoms with E-state index >= 15 is 0 Å². The molecule has 0 saturated heterocycles. The van der Waals surface area contributed by atoms with Gasteiger partial charge in [0.1, 0.15) is 0 Å². The van der Waals surface area contributed by atoms with Gasteiger partial charge < -0.3 is 0 Å². The van der Waals surface area contributed by atoms with Crippen LogP contribution in [-0.2, 0) is 0 Å². The monoisotopic (exact) mass is 511 g/mol. The van der Waals surface area contributed by atoms with Gasteiger partial charge >= 0.3 is 0 Å². The average Bonchev–Trinajstić information content (AvgIpc) is 3.45. The first-order valence-electron chi connectivity index (χ1n) is 13.9. The normalized spacial score (nSPS) is 9.03. The lowest BCUT2D eigenvalue weighted by molar-refractivity contribution is 0.886. The summed E-state index contributed by atoms with van der Waals surface area (Å²) in [7, 11) is 0. The lowest BCUT2D eigenvalue weighted by Gasteiger charge is -2.11. The molecule has 1 heterocycles. The Morgan fingerprint density at radius 3 is 1.21 bits per heavy atom. The number of hydrogen-bond acceptors (Lipinski definition) is 2. The predicted octanol–water partition coefficient (Wildman–Crippen LogP) is 10.9. The van der Waals surface area contributed by atoms with E-state index in [1.165, 1.54) is 31.2 Å². The Bertz CT molecular complexity index is 1020. The SMILES string of the molecule is C=CC=C.CC.CCCC.CCCC.Cc1ccc(-n2c(-c3ccccc3)nnc2-c2ccccc2)cc1. The van der Waals surface area contributed by atoms with E-state index in [-0.39, 0.29) is 0 Å². The highest BCUT2D eigenvalue weighted by Crippen LogP contribution is 2.28. The van der Waals surface area contributed by atoms with Crippen molar-refractivity contribution in [2.45, 2.75) is 74.1 Å². The quantitative estimate of drug-likeness (QED) is 0.241. The molecule has 0 aliphatic heterocycles. The van der Waals surface area contributed by atoms with Gasteiger partial charge in [-0.05, 0) is 19.1 Å². The van der Waals surface area contributed by atoms with E-state index in [2.05, 4.69) is 111 Å². The van der Waals surface area contributed by atoms with Gasteiger partial charge in [-0.1, -0.05) is 171 Å². The molecule has 1 aromatic heterocycles. The molecule has 38 heavy (non-hydrogen) atoms. The average molecular weight is 512 g/mol. The van der Waals surface area contributed by atoms with Crippen LogP contribution in [0, 0.1) is 6.92 Å². The lowest BCUT2D eigenvalue weighted by atomic mass is 10.1. The summed E-state index contributed by atoms with van der Waals surface area (Å²) in [5.41, 5.74) is 4.39. The number of aryl methyl sites for hydroxylation is 1. The first-order chi connectivity index (χ1) is 18.6. The Morgan fingerprint density at radius 1 is 0.579 bits per heavy atom. The standard InChI is InChI=1S/C21H17N3.2C4H10.C4H6.C2H6/c1-16-12-14-19(15-13-16)24-20(17-8-4-2-5-9-17)22-23-21(24)18-10-6-3-7-11-18;3*1-3-4-2;1-2/h2-15H,1H3;2*3-4H2,1-2H3;3-4H,1-2H2;1-2H3. The molecule has 0 amide bonds. The maximum absolute atomic E-state index is 4.47. The van der Waals surface area contributed by atoms with Gasteiger partial charge in [-0.15, -0.1) is 10.2 Å². The summed E-state index contributed by atoms with van der Waals surface area (Å²) in [5, 5.41) is 8.95. The summed E-state index contributed by atoms with van der Waals surface area (Å²) in [5.74, 6) is 1.69. The second-order valence-electron chi connectivity index (χ2n) is 8.22. The fraction of sp³-hybridized carbons (Fsp3) is 0.314. The minimum absolute atomic E-state index is 0.846. The predicted molar refractivity (Wildman–Crippen MR) is 170 cm³/mol. The number of benzene rings is 3. The van der Waals surface area contributed by atoms with Gasteiger partial charge in [0, 0.05) is 16.8 Å². The van der Waals surface area contributed by atoms with Crippen LogP contribution in [0.5, 0.6) is 0 Å². The summed E-state index contributed by atoms with van der Waals surface area (Å²) in [4.78, 5) is 0. The number of allylic oxidation sites excluding steroid dienone is 2. The molecule has 0 unspecified atom stereocenters. The van der Waals surface area contributed by atoms with E-state index < -0.39 is 0 Å². The largest absolute Gasteiger partial charge is 0.275 e. The van der Waals surface area contributed by atoms with Gasteiger partial charge in [0.05, 0.1) is 0 Å². The van der Waals surface area contributed by atoms with Gasteiger partial charge in [0.25, 0.3) is 0 Å². The molecule has 3 aromatic carbocycles. The van der Waals surface area contributed by atoms with Crippen molar-refractivity contribution in [3.63, 3.8) is 0 Å². The second-order valence-corrected chi connectivity index (χ2v) is 8.22. The molecular formula is C35H49N3. The van der Waals surface area contributed by atoms with Crippen LogP contribution in [0.2, 0.25) is 0 Å². The Labute approximate surface area is 233 Å². The molecule has 0 atom stereocenters. The molecule has 204 valence electrons. The van der Waals surface area contributed by atoms with E-state index in [1.807, 2.05) is 50.2 Å². The van der Waals surface area contributed by atoms with Crippen molar-refractivity contribution in [2.75, 3.05) is 0 Å². The highest BCUT2D eigenvalue weighted by Gasteiger charge is 2.16. The van der Waals surface area contributed by atoms with Crippen molar-refractivity contribution in [1.29, 1.82) is 0 Å². The first-order valence-corrected chi connectivity index (χ1v) is 13.9. The van der Waals surface area contributed by atoms with Crippen molar-refractivity contribution in [3.05, 3.63) is 116 Å². The summed E-state index contributed by atoms with van der Waals surface area (Å²) < 4.78 is 2.12. The minimum Gasteiger partial charge on any atom is -0.275 e. The summed E-state index contributed by atoms with van der Waals surface area (Å²) >= 11 is 0. The Hall–Kier alpha value is -3.72. The smallest absolute Gasteiger partial charge is 0.168 e. The third-order valence-electron chi connectivity index (χ3n) is 5.19. The van der Waals surface area contributed by atoms with Crippen LogP contribution in [0.25, 0.3) is 28.5 Å². The van der Waals surface area contributed by atoms with Crippen LogP contribution in [0.15, 0.2) is 110 Å². The molecule has 0 saturated carbocycles. The van der Waals surface area contributed by atoms with Gasteiger partial charge in [-0.2, -0.15) is 0 Å². The van der Waals surface area contributed by atoms with E-state index in [4.69, 9.17) is 0 Å². The third-order valence-corrected chi connectivity index (χ3v) is 5.19. The molecule has 0 aliphatic rings. The second kappa shape index (κ2) is 22.5. The summed E-state index contributed by atoms with van der Waals surface area (Å²) in [6, 6.07) is 28.8. The molecule has 3 nitrogen and oxygen atoms in total. The zero-order valence-corrected chi connectivity index (χ0v) is 24.8. The number of unbranched alkanes of at least 4 members (excludes halogenated alkanes) is 2. The highest BCUT2D eigenvalue weighted by molar-refractivity contribution is 5.66. The maximum atomic E-state index is 4.47. The van der Waals surface area contributed by atoms with Gasteiger partial charge in [0.2, 0.25) is 0 Å². The molecule has 0 bridgehead atoms. The zero-order chi connectivity index (χ0) is 28.6. The fourth-order valence-electron chi connectivity index (χ4n) is 2.77. The lowest BCUT2D eigenvalue weighted by Crippen LogP contribution is -2.00. The Morgan fingerprint density at radius 2 is 0.921 bits per heavy atom. The molecule has 4 rings (SSSR count). The molecule has 3 heteroatoms. The fourth-order valence-corrected chi connectivity index (χ4v) is 2.77. The van der Waals surface area contributed by atoms with E-state index in [9.17, 15) is 0 Å². The molecule has 0 fully saturated rings. The number of nitrogens with zero attached hydrogens (tertiary/aromatic N) is 3. The molecule has 0 aliphatic carbocycles. The summed E-state index contributed by atoms with van der Waals surface area (Å²) in [6.07, 6.45) is 8.56. The first kappa shape index (κ1) is 34.3. The molecule has 4 aromatic rings. The van der Waals surface area contributed by atoms with Crippen LogP contribution < -0.4 is 0 Å². The minimum atomic E-state index is 0.846. The third kappa shape index (κ3) is 12.5. The van der Waals surface area contributed by atoms with Gasteiger partial charge in [-0.3, -0.25) is 4.57 Å². The van der Waals surface area contributed by atoms with Crippen molar-refractivity contribution in [2.24, 2.45) is 0 Å². The number of rotatable bonds is 6. The molecule has 0 radical (unpaired) electrons. The van der Waals surface area contributed by atoms with Crippen LogP contribution in [0.3, 0.4) is 0 Å². The van der Waals surface area contributed by atoms with Gasteiger partial charge in [-0.25, -0.2) is 0 Å². The van der Waals surface area contributed by atoms with Crippen molar-refractivity contribution >= 4 is 0 Å². The molecule has 0 spiro atoms. The van der Waals surface area contributed by atoms with Crippen LogP contribution in [-0.4, -0.2) is 14.8 Å². The van der Waals surface area contributed by atoms with Crippen LogP contribution >= 0.6 is 0 Å². The Kier molecular flexibility index (Phi) is 20.3. The highest BCUT2D eigenvalue weighted by atomic mass is 15.3. The Balaban J connectivity index is 0.000000822. The number of aromatic nitrogens is 3. The van der Waals surface area contributed by atoms with E-state index in [0.29, 0.717) is 0 Å². The van der Waals surface area contributed by atoms with Crippen LogP contribution in [0.1, 0.15) is 72.8 Å². The zero-order valence-electron chi connectivity index (χ0n) is 24.8. The molecular weight excluding hydrogens is 462 g/mol. The molecule has 0 N–H and O–H groups in total. The van der Waals surface area contributed by atoms with E-state index in [1.54, 1.807) is 12.2 Å².